The molecule has 25 heteroatoms. The average Bonchev–Trinajstić information content (AvgIpc) is 2.50. The van der Waals surface area contributed by atoms with Crippen LogP contribution in [0.2, 0.25) is 0 Å². The number of aliphatic carboxylic acids is 6. The van der Waals surface area contributed by atoms with Crippen molar-refractivity contribution in [1.29, 1.82) is 0 Å². The molecule has 0 aromatic carbocycles. The van der Waals surface area contributed by atoms with Crippen molar-refractivity contribution >= 4 is 237 Å². The van der Waals surface area contributed by atoms with E-state index < -0.39 is 85.0 Å². The van der Waals surface area contributed by atoms with E-state index >= 15 is 0 Å². The second-order valence-electron chi connectivity index (χ2n) is 5.33. The third-order valence-electron chi connectivity index (χ3n) is 2.51. The molecular weight excluding hydrogens is 689 g/mol. The summed E-state index contributed by atoms with van der Waals surface area (Å²) in [6, 6.07) is 0. The van der Waals surface area contributed by atoms with Crippen molar-refractivity contribution in [3.63, 3.8) is 0 Å². The second-order valence-corrected chi connectivity index (χ2v) is 5.33. The minimum atomic E-state index is -2.97. The van der Waals surface area contributed by atoms with Crippen molar-refractivity contribution in [2.45, 2.75) is 36.9 Å². The van der Waals surface area contributed by atoms with E-state index in [9.17, 15) is 59.4 Å². The molecule has 0 amide bonds. The van der Waals surface area contributed by atoms with E-state index in [1.54, 1.807) is 0 Å². The van der Waals surface area contributed by atoms with Gasteiger partial charge in [-0.1, -0.05) is 0 Å². The zero-order valence-corrected chi connectivity index (χ0v) is 30.6. The van der Waals surface area contributed by atoms with Crippen LogP contribution in [0.15, 0.2) is 0 Å². The normalized spacial score (nSPS) is 8.46. The van der Waals surface area contributed by atoms with Crippen molar-refractivity contribution in [1.82, 2.24) is 0 Å². The van der Waals surface area contributed by atoms with Crippen molar-refractivity contribution in [3.8, 4) is 0 Å². The maximum Gasteiger partial charge on any atom is 2.00 e. The van der Waals surface area contributed by atoms with Gasteiger partial charge in [0, 0.05) is 49.6 Å². The average molecular weight is 699 g/mol. The summed E-state index contributed by atoms with van der Waals surface area (Å²) in [6.07, 6.45) is -10.1. The molecular formula is C14H10Ca5O20. The summed E-state index contributed by atoms with van der Waals surface area (Å²) >= 11 is 0. The van der Waals surface area contributed by atoms with Gasteiger partial charge in [0.25, 0.3) is 0 Å². The van der Waals surface area contributed by atoms with E-state index in [4.69, 9.17) is 40.2 Å². The first-order chi connectivity index (χ1) is 15.0. The molecule has 0 aliphatic heterocycles. The van der Waals surface area contributed by atoms with Gasteiger partial charge < -0.3 is 99.6 Å². The van der Waals surface area contributed by atoms with Crippen LogP contribution in [0, 0.1) is 0 Å². The van der Waals surface area contributed by atoms with Crippen molar-refractivity contribution in [2.75, 3.05) is 0 Å². The van der Waals surface area contributed by atoms with E-state index in [1.807, 2.05) is 0 Å². The first kappa shape index (κ1) is 63.7. The van der Waals surface area contributed by atoms with E-state index in [0.29, 0.717) is 0 Å². The summed E-state index contributed by atoms with van der Waals surface area (Å²) in [5, 5.41) is 111. The van der Waals surface area contributed by atoms with Crippen molar-refractivity contribution < 1.29 is 99.6 Å². The molecule has 0 unspecified atom stereocenters. The molecule has 0 spiro atoms. The van der Waals surface area contributed by atoms with Crippen LogP contribution in [0.1, 0.15) is 25.7 Å². The van der Waals surface area contributed by atoms with E-state index in [0.717, 1.165) is 0 Å². The fourth-order valence-corrected chi connectivity index (χ4v) is 1.37. The van der Waals surface area contributed by atoms with Crippen LogP contribution in [-0.2, 0) is 28.8 Å². The number of aliphatic hydroxyl groups is 2. The summed E-state index contributed by atoms with van der Waals surface area (Å²) in [4.78, 5) is 76.7. The van der Waals surface area contributed by atoms with Gasteiger partial charge in [-0.25, -0.2) is 0 Å². The summed E-state index contributed by atoms with van der Waals surface area (Å²) in [7, 11) is 0. The smallest absolute Gasteiger partial charge is 0.652 e. The van der Waals surface area contributed by atoms with Gasteiger partial charge in [-0.05, 0) is 12.3 Å². The summed E-state index contributed by atoms with van der Waals surface area (Å²) in [6.45, 7) is 0. The van der Waals surface area contributed by atoms with E-state index in [-0.39, 0.29) is 189 Å². The number of carboxylic acids is 6. The van der Waals surface area contributed by atoms with Crippen LogP contribution in [0.25, 0.3) is 0 Å². The summed E-state index contributed by atoms with van der Waals surface area (Å²) < 4.78 is 0. The Morgan fingerprint density at radius 1 is 0.385 bits per heavy atom. The molecule has 0 rings (SSSR count). The maximum atomic E-state index is 10.1. The largest absolute Gasteiger partial charge is 2.00 e. The first-order valence-electron chi connectivity index (χ1n) is 7.45. The predicted molar refractivity (Wildman–Crippen MR) is 98.0 cm³/mol. The molecule has 0 radical (unpaired) electrons. The Labute approximate surface area is 366 Å². The van der Waals surface area contributed by atoms with Gasteiger partial charge in [-0.2, -0.15) is 0 Å². The molecule has 20 nitrogen and oxygen atoms in total. The fraction of sp³-hybridized carbons (Fsp3) is 0.429. The minimum absolute atomic E-state index is 0. The molecule has 0 aromatic rings. The zero-order chi connectivity index (χ0) is 28.4. The first-order valence-corrected chi connectivity index (χ1v) is 7.45. The molecule has 0 aromatic heterocycles. The van der Waals surface area contributed by atoms with Crippen LogP contribution in [0.3, 0.4) is 0 Å². The van der Waals surface area contributed by atoms with Gasteiger partial charge in [0.15, 0.2) is 0 Å². The molecule has 0 bridgehead atoms. The minimum Gasteiger partial charge on any atom is -0.652 e. The Balaban J connectivity index is -0.0000000469. The third-order valence-corrected chi connectivity index (χ3v) is 2.51. The fourth-order valence-electron chi connectivity index (χ4n) is 1.37. The molecule has 0 heterocycles. The molecule has 0 saturated heterocycles. The second kappa shape index (κ2) is 34.1. The molecule has 0 fully saturated rings. The topological polar surface area (TPSA) is 408 Å². The Hall–Kier alpha value is 1.58. The van der Waals surface area contributed by atoms with Gasteiger partial charge in [0.2, 0.25) is 0 Å². The summed E-state index contributed by atoms with van der Waals surface area (Å²) in [5.41, 5.74) is -5.95. The van der Waals surface area contributed by atoms with E-state index in [2.05, 4.69) is 0 Å². The molecule has 2 N–H and O–H groups in total. The molecule has 196 valence electrons. The van der Waals surface area contributed by atoms with Gasteiger partial charge in [-0.15, -0.1) is 0 Å². The Morgan fingerprint density at radius 2 is 0.487 bits per heavy atom. The van der Waals surface area contributed by atoms with Crippen LogP contribution >= 0.6 is 0 Å². The Morgan fingerprint density at radius 3 is 0.538 bits per heavy atom. The van der Waals surface area contributed by atoms with Crippen LogP contribution < -0.4 is 51.1 Å². The van der Waals surface area contributed by atoms with Crippen LogP contribution in [-0.4, -0.2) is 258 Å². The van der Waals surface area contributed by atoms with Crippen molar-refractivity contribution in [3.05, 3.63) is 0 Å². The number of hydrogen-bond donors (Lipinski definition) is 2. The Bertz CT molecular complexity index is 683. The van der Waals surface area contributed by atoms with Gasteiger partial charge in [0.1, 0.15) is 11.2 Å². The summed E-state index contributed by atoms with van der Waals surface area (Å²) in [5.74, 6) is -12.0. The molecule has 0 aliphatic carbocycles. The molecule has 39 heavy (non-hydrogen) atoms. The van der Waals surface area contributed by atoms with Gasteiger partial charge >= 0.3 is 189 Å². The number of carbonyl (C=O) groups excluding carboxylic acids is 8. The predicted octanol–water partition coefficient (Wildman–Crippen LogP) is -17.3. The van der Waals surface area contributed by atoms with Crippen LogP contribution in [0.4, 0.5) is 9.59 Å². The number of rotatable bonds is 10. The number of carbonyl (C=O) groups is 8. The quantitative estimate of drug-likeness (QED) is 0.200. The third kappa shape index (κ3) is 49.6. The number of carboxylic acid groups (broad SMARTS) is 10. The van der Waals surface area contributed by atoms with E-state index in [1.165, 1.54) is 0 Å². The molecule has 0 aliphatic rings. The number of hydrogen-bond acceptors (Lipinski definition) is 20. The van der Waals surface area contributed by atoms with Crippen molar-refractivity contribution in [2.24, 2.45) is 0 Å². The molecule has 0 saturated carbocycles. The standard InChI is InChI=1S/2C6H8O7.2CH2O3.5Ca/c2*7-3(8)1-6(13,5(11)12)2-4(9)10;2*2-1(3)4;;;;;/h2*13H,1-2H2,(H,7,8)(H,9,10)(H,11,12);2*(H2,2,3,4);;;;;/q;;;;5*+2/p-10. The van der Waals surface area contributed by atoms with Crippen LogP contribution in [0.5, 0.6) is 0 Å². The zero-order valence-electron chi connectivity index (χ0n) is 19.6. The maximum absolute atomic E-state index is 10.1. The van der Waals surface area contributed by atoms with Gasteiger partial charge in [-0.3, -0.25) is 0 Å². The monoisotopic (exact) mass is 698 g/mol. The van der Waals surface area contributed by atoms with Gasteiger partial charge in [0.05, 0.1) is 11.9 Å². The Kier molecular flexibility index (Phi) is 55.7. The molecule has 0 atom stereocenters. The SMILES string of the molecule is O=C([O-])CC(O)(CC(=O)[O-])C(=O)[O-].O=C([O-])CC(O)(CC(=O)[O-])C(=O)[O-].O=C([O-])[O-].O=C([O-])[O-].[Ca+2].[Ca+2].[Ca+2].[Ca+2].[Ca+2].